The predicted octanol–water partition coefficient (Wildman–Crippen LogP) is 0.353. The quantitative estimate of drug-likeness (QED) is 0.415. The largest absolute Gasteiger partial charge is 0.481 e. The lowest BCUT2D eigenvalue weighted by atomic mass is 10.4. The fraction of sp³-hybridized carbons (Fsp3) is 0.600. The molecular formula is C10H18N2O4. The molecule has 0 saturated heterocycles. The molecule has 2 amide bonds. The molecule has 0 saturated carbocycles. The Morgan fingerprint density at radius 1 is 1.31 bits per heavy atom. The van der Waals surface area contributed by atoms with Gasteiger partial charge < -0.3 is 20.5 Å². The van der Waals surface area contributed by atoms with E-state index >= 15 is 0 Å². The number of carboxylic acids is 1. The number of carbonyl (C=O) groups excluding carboxylic acids is 1. The maximum Gasteiger partial charge on any atom is 0.314 e. The Kier molecular flexibility index (Phi) is 7.87. The third-order valence-corrected chi connectivity index (χ3v) is 1.50. The number of rotatable bonds is 8. The molecule has 0 aliphatic heterocycles. The molecule has 3 N–H and O–H groups in total. The van der Waals surface area contributed by atoms with E-state index in [0.29, 0.717) is 19.8 Å². The number of hydrogen-bond acceptors (Lipinski definition) is 3. The van der Waals surface area contributed by atoms with Crippen molar-refractivity contribution in [3.8, 4) is 0 Å². The lowest BCUT2D eigenvalue weighted by molar-refractivity contribution is -0.136. The summed E-state index contributed by atoms with van der Waals surface area (Å²) in [4.78, 5) is 21.2. The minimum Gasteiger partial charge on any atom is -0.481 e. The number of amides is 2. The van der Waals surface area contributed by atoms with Gasteiger partial charge in [-0.15, -0.1) is 0 Å². The SMILES string of the molecule is C=C(C)COCCNC(=O)NCCC(=O)O. The maximum absolute atomic E-state index is 11.0. The fourth-order valence-corrected chi connectivity index (χ4v) is 0.829. The first kappa shape index (κ1) is 14.4. The van der Waals surface area contributed by atoms with Gasteiger partial charge in [0.05, 0.1) is 19.6 Å². The monoisotopic (exact) mass is 230 g/mol. The average Bonchev–Trinajstić information content (AvgIpc) is 2.16. The number of carbonyl (C=O) groups is 2. The van der Waals surface area contributed by atoms with Crippen LogP contribution in [0.4, 0.5) is 4.79 Å². The second kappa shape index (κ2) is 8.72. The van der Waals surface area contributed by atoms with Gasteiger partial charge in [-0.3, -0.25) is 4.79 Å². The predicted molar refractivity (Wildman–Crippen MR) is 59.3 cm³/mol. The molecule has 0 atom stereocenters. The molecule has 0 rings (SSSR count). The molecule has 0 aromatic heterocycles. The molecule has 6 nitrogen and oxygen atoms in total. The summed E-state index contributed by atoms with van der Waals surface area (Å²) in [5.41, 5.74) is 0.922. The van der Waals surface area contributed by atoms with Crippen LogP contribution >= 0.6 is 0 Å². The number of hydrogen-bond donors (Lipinski definition) is 3. The van der Waals surface area contributed by atoms with Crippen molar-refractivity contribution in [2.45, 2.75) is 13.3 Å². The third kappa shape index (κ3) is 10.5. The second-order valence-electron chi connectivity index (χ2n) is 3.34. The Bertz CT molecular complexity index is 253. The van der Waals surface area contributed by atoms with Crippen molar-refractivity contribution >= 4 is 12.0 Å². The number of nitrogens with one attached hydrogen (secondary N) is 2. The van der Waals surface area contributed by atoms with Crippen molar-refractivity contribution in [1.82, 2.24) is 10.6 Å². The molecule has 92 valence electrons. The van der Waals surface area contributed by atoms with E-state index < -0.39 is 5.97 Å². The van der Waals surface area contributed by atoms with E-state index in [4.69, 9.17) is 9.84 Å². The summed E-state index contributed by atoms with van der Waals surface area (Å²) in [5, 5.41) is 13.3. The fourth-order valence-electron chi connectivity index (χ4n) is 0.829. The van der Waals surface area contributed by atoms with Crippen LogP contribution < -0.4 is 10.6 Å². The highest BCUT2D eigenvalue weighted by Gasteiger charge is 2.00. The Hall–Kier alpha value is -1.56. The molecule has 0 aromatic rings. The van der Waals surface area contributed by atoms with Crippen LogP contribution in [0.1, 0.15) is 13.3 Å². The van der Waals surface area contributed by atoms with Gasteiger partial charge in [-0.1, -0.05) is 12.2 Å². The smallest absolute Gasteiger partial charge is 0.314 e. The molecule has 0 radical (unpaired) electrons. The van der Waals surface area contributed by atoms with Crippen molar-refractivity contribution in [3.05, 3.63) is 12.2 Å². The van der Waals surface area contributed by atoms with E-state index in [1.54, 1.807) is 0 Å². The maximum atomic E-state index is 11.0. The van der Waals surface area contributed by atoms with Gasteiger partial charge in [0.2, 0.25) is 0 Å². The zero-order valence-electron chi connectivity index (χ0n) is 9.41. The van der Waals surface area contributed by atoms with E-state index in [1.165, 1.54) is 0 Å². The van der Waals surface area contributed by atoms with Crippen molar-refractivity contribution in [1.29, 1.82) is 0 Å². The van der Waals surface area contributed by atoms with Crippen LogP contribution in [-0.2, 0) is 9.53 Å². The molecule has 0 spiro atoms. The lowest BCUT2D eigenvalue weighted by Crippen LogP contribution is -2.38. The van der Waals surface area contributed by atoms with Crippen molar-refractivity contribution in [2.24, 2.45) is 0 Å². The average molecular weight is 230 g/mol. The van der Waals surface area contributed by atoms with Crippen LogP contribution in [0, 0.1) is 0 Å². The molecule has 0 aliphatic carbocycles. The molecule has 0 aromatic carbocycles. The summed E-state index contributed by atoms with van der Waals surface area (Å²) in [6.07, 6.45) is -0.0838. The Labute approximate surface area is 94.7 Å². The van der Waals surface area contributed by atoms with Gasteiger partial charge in [-0.2, -0.15) is 0 Å². The van der Waals surface area contributed by atoms with Gasteiger partial charge in [0.25, 0.3) is 0 Å². The molecule has 0 unspecified atom stereocenters. The van der Waals surface area contributed by atoms with E-state index in [2.05, 4.69) is 17.2 Å². The highest BCUT2D eigenvalue weighted by Crippen LogP contribution is 1.86. The standard InChI is InChI=1S/C10H18N2O4/c1-8(2)7-16-6-5-12-10(15)11-4-3-9(13)14/h1,3-7H2,2H3,(H,13,14)(H2,11,12,15). The van der Waals surface area contributed by atoms with Gasteiger partial charge in [-0.25, -0.2) is 4.79 Å². The molecule has 0 fully saturated rings. The van der Waals surface area contributed by atoms with E-state index in [-0.39, 0.29) is 19.0 Å². The Balaban J connectivity index is 3.30. The molecule has 6 heteroatoms. The Morgan fingerprint density at radius 2 is 1.94 bits per heavy atom. The zero-order chi connectivity index (χ0) is 12.4. The highest BCUT2D eigenvalue weighted by atomic mass is 16.5. The van der Waals surface area contributed by atoms with Gasteiger partial charge in [0, 0.05) is 13.1 Å². The number of aliphatic carboxylic acids is 1. The van der Waals surface area contributed by atoms with Crippen LogP contribution in [0.25, 0.3) is 0 Å². The van der Waals surface area contributed by atoms with Crippen LogP contribution in [-0.4, -0.2) is 43.4 Å². The first-order chi connectivity index (χ1) is 7.52. The Morgan fingerprint density at radius 3 is 2.50 bits per heavy atom. The number of carboxylic acid groups (broad SMARTS) is 1. The summed E-state index contributed by atoms with van der Waals surface area (Å²) in [6.45, 7) is 6.89. The van der Waals surface area contributed by atoms with Crippen LogP contribution in [0.2, 0.25) is 0 Å². The summed E-state index contributed by atoms with van der Waals surface area (Å²) in [6, 6.07) is -0.389. The van der Waals surface area contributed by atoms with Crippen LogP contribution in [0.5, 0.6) is 0 Å². The van der Waals surface area contributed by atoms with Crippen molar-refractivity contribution < 1.29 is 19.4 Å². The normalized spacial score (nSPS) is 9.56. The third-order valence-electron chi connectivity index (χ3n) is 1.50. The summed E-state index contributed by atoms with van der Waals surface area (Å²) >= 11 is 0. The van der Waals surface area contributed by atoms with E-state index in [1.807, 2.05) is 6.92 Å². The molecule has 0 heterocycles. The van der Waals surface area contributed by atoms with E-state index in [9.17, 15) is 9.59 Å². The van der Waals surface area contributed by atoms with Gasteiger partial charge in [-0.05, 0) is 6.92 Å². The zero-order valence-corrected chi connectivity index (χ0v) is 9.41. The summed E-state index contributed by atoms with van der Waals surface area (Å²) < 4.78 is 5.15. The highest BCUT2D eigenvalue weighted by molar-refractivity contribution is 5.74. The van der Waals surface area contributed by atoms with Gasteiger partial charge >= 0.3 is 12.0 Å². The molecule has 0 bridgehead atoms. The van der Waals surface area contributed by atoms with Crippen molar-refractivity contribution in [2.75, 3.05) is 26.3 Å². The minimum absolute atomic E-state index is 0.0838. The van der Waals surface area contributed by atoms with Gasteiger partial charge in [0.1, 0.15) is 0 Å². The van der Waals surface area contributed by atoms with Gasteiger partial charge in [0.15, 0.2) is 0 Å². The topological polar surface area (TPSA) is 87.7 Å². The first-order valence-corrected chi connectivity index (χ1v) is 4.98. The molecule has 16 heavy (non-hydrogen) atoms. The second-order valence-corrected chi connectivity index (χ2v) is 3.34. The van der Waals surface area contributed by atoms with Crippen LogP contribution in [0.3, 0.4) is 0 Å². The lowest BCUT2D eigenvalue weighted by Gasteiger charge is -2.07. The molecule has 0 aliphatic rings. The minimum atomic E-state index is -0.940. The number of ether oxygens (including phenoxy) is 1. The van der Waals surface area contributed by atoms with Crippen LogP contribution in [0.15, 0.2) is 12.2 Å². The van der Waals surface area contributed by atoms with E-state index in [0.717, 1.165) is 5.57 Å². The molecular weight excluding hydrogens is 212 g/mol. The summed E-state index contributed by atoms with van der Waals surface area (Å²) in [7, 11) is 0. The summed E-state index contributed by atoms with van der Waals surface area (Å²) in [5.74, 6) is -0.940. The first-order valence-electron chi connectivity index (χ1n) is 4.98. The number of urea groups is 1. The van der Waals surface area contributed by atoms with Crippen molar-refractivity contribution in [3.63, 3.8) is 0 Å².